The van der Waals surface area contributed by atoms with E-state index >= 15 is 0 Å². The van der Waals surface area contributed by atoms with Crippen molar-refractivity contribution in [1.29, 1.82) is 0 Å². The number of amides is 1. The quantitative estimate of drug-likeness (QED) is 0.612. The molecule has 1 N–H and O–H groups in total. The van der Waals surface area contributed by atoms with Gasteiger partial charge in [0.2, 0.25) is 0 Å². The van der Waals surface area contributed by atoms with E-state index in [1.807, 2.05) is 12.1 Å². The molecule has 94 valence electrons. The van der Waals surface area contributed by atoms with E-state index in [-0.39, 0.29) is 10.1 Å². The van der Waals surface area contributed by atoms with E-state index in [1.54, 1.807) is 0 Å². The average molecular weight is 381 g/mol. The van der Waals surface area contributed by atoms with E-state index in [1.165, 1.54) is 17.3 Å². The van der Waals surface area contributed by atoms with Gasteiger partial charge in [-0.05, 0) is 35.9 Å². The van der Waals surface area contributed by atoms with Crippen molar-refractivity contribution >= 4 is 48.9 Å². The van der Waals surface area contributed by atoms with Crippen LogP contribution < -0.4 is 5.32 Å². The molecule has 1 amide bonds. The normalized spacial score (nSPS) is 12.2. The van der Waals surface area contributed by atoms with Crippen molar-refractivity contribution in [3.8, 4) is 0 Å². The molecular formula is C12H15Br2NOS. The van der Waals surface area contributed by atoms with Gasteiger partial charge in [0.25, 0.3) is 5.24 Å². The van der Waals surface area contributed by atoms with E-state index in [9.17, 15) is 4.79 Å². The fourth-order valence-electron chi connectivity index (χ4n) is 1.18. The summed E-state index contributed by atoms with van der Waals surface area (Å²) in [7, 11) is 0. The van der Waals surface area contributed by atoms with Crippen molar-refractivity contribution in [3.63, 3.8) is 0 Å². The molecule has 5 heteroatoms. The van der Waals surface area contributed by atoms with Gasteiger partial charge in [0.1, 0.15) is 0 Å². The van der Waals surface area contributed by atoms with E-state index in [0.717, 1.165) is 16.6 Å². The summed E-state index contributed by atoms with van der Waals surface area (Å²) >= 11 is 8.01. The highest BCUT2D eigenvalue weighted by atomic mass is 79.9. The number of carbonyl (C=O) groups excluding carboxylic acids is 1. The average Bonchev–Trinajstić information content (AvgIpc) is 2.36. The summed E-state index contributed by atoms with van der Waals surface area (Å²) in [5.41, 5.74) is 1.29. The predicted molar refractivity (Wildman–Crippen MR) is 81.6 cm³/mol. The van der Waals surface area contributed by atoms with Crippen LogP contribution in [-0.2, 0) is 6.42 Å². The summed E-state index contributed by atoms with van der Waals surface area (Å²) in [6.45, 7) is 2.75. The van der Waals surface area contributed by atoms with E-state index in [2.05, 4.69) is 56.2 Å². The van der Waals surface area contributed by atoms with Crippen LogP contribution in [0.4, 0.5) is 4.79 Å². The summed E-state index contributed by atoms with van der Waals surface area (Å²) in [6, 6.07) is 8.08. The van der Waals surface area contributed by atoms with E-state index in [4.69, 9.17) is 0 Å². The number of hydrogen-bond acceptors (Lipinski definition) is 2. The second-order valence-electron chi connectivity index (χ2n) is 3.52. The molecule has 0 bridgehead atoms. The Kier molecular flexibility index (Phi) is 7.23. The van der Waals surface area contributed by atoms with Crippen molar-refractivity contribution in [2.45, 2.75) is 23.1 Å². The monoisotopic (exact) mass is 379 g/mol. The number of aryl methyl sites for hydroxylation is 1. The SMILES string of the molecule is CCc1ccc(SC(=O)NCC(Br)CBr)cc1. The zero-order chi connectivity index (χ0) is 12.7. The van der Waals surface area contributed by atoms with Crippen LogP contribution in [0.5, 0.6) is 0 Å². The molecule has 0 spiro atoms. The van der Waals surface area contributed by atoms with Crippen LogP contribution in [0.3, 0.4) is 0 Å². The molecule has 1 atom stereocenters. The Bertz CT molecular complexity index is 356. The number of halogens is 2. The number of nitrogens with one attached hydrogen (secondary N) is 1. The van der Waals surface area contributed by atoms with Crippen LogP contribution >= 0.6 is 43.6 Å². The van der Waals surface area contributed by atoms with Gasteiger partial charge in [0.15, 0.2) is 0 Å². The first kappa shape index (κ1) is 15.1. The molecule has 1 rings (SSSR count). The first-order valence-electron chi connectivity index (χ1n) is 5.40. The highest BCUT2D eigenvalue weighted by molar-refractivity contribution is 9.12. The van der Waals surface area contributed by atoms with Gasteiger partial charge in [-0.25, -0.2) is 0 Å². The lowest BCUT2D eigenvalue weighted by molar-refractivity contribution is 0.261. The molecule has 0 fully saturated rings. The molecule has 2 nitrogen and oxygen atoms in total. The number of carbonyl (C=O) groups is 1. The second kappa shape index (κ2) is 8.16. The number of benzene rings is 1. The minimum atomic E-state index is -0.0142. The van der Waals surface area contributed by atoms with E-state index < -0.39 is 0 Å². The first-order chi connectivity index (χ1) is 8.15. The van der Waals surface area contributed by atoms with Crippen molar-refractivity contribution < 1.29 is 4.79 Å². The number of hydrogen-bond donors (Lipinski definition) is 1. The Morgan fingerprint density at radius 3 is 2.59 bits per heavy atom. The summed E-state index contributed by atoms with van der Waals surface area (Å²) in [5.74, 6) is 0. The van der Waals surface area contributed by atoms with Gasteiger partial charge in [-0.1, -0.05) is 50.9 Å². The number of thioether (sulfide) groups is 1. The van der Waals surface area contributed by atoms with Gasteiger partial charge >= 0.3 is 0 Å². The zero-order valence-corrected chi connectivity index (χ0v) is 13.6. The fraction of sp³-hybridized carbons (Fsp3) is 0.417. The highest BCUT2D eigenvalue weighted by Crippen LogP contribution is 2.19. The maximum absolute atomic E-state index is 11.6. The summed E-state index contributed by atoms with van der Waals surface area (Å²) in [5, 5.41) is 3.67. The molecule has 1 aromatic rings. The molecule has 0 heterocycles. The number of rotatable bonds is 5. The van der Waals surface area contributed by atoms with Gasteiger partial charge < -0.3 is 5.32 Å². The molecule has 0 aliphatic heterocycles. The third-order valence-electron chi connectivity index (χ3n) is 2.18. The molecule has 0 aliphatic carbocycles. The van der Waals surface area contributed by atoms with Crippen LogP contribution in [0.1, 0.15) is 12.5 Å². The van der Waals surface area contributed by atoms with Gasteiger partial charge in [0, 0.05) is 21.6 Å². The van der Waals surface area contributed by atoms with Gasteiger partial charge in [-0.3, -0.25) is 4.79 Å². The molecule has 1 unspecified atom stereocenters. The zero-order valence-electron chi connectivity index (χ0n) is 9.58. The lowest BCUT2D eigenvalue weighted by Gasteiger charge is -2.07. The molecule has 0 saturated heterocycles. The van der Waals surface area contributed by atoms with Crippen molar-refractivity contribution in [2.24, 2.45) is 0 Å². The largest absolute Gasteiger partial charge is 0.346 e. The van der Waals surface area contributed by atoms with Crippen LogP contribution in [-0.4, -0.2) is 21.9 Å². The smallest absolute Gasteiger partial charge is 0.283 e. The highest BCUT2D eigenvalue weighted by Gasteiger charge is 2.07. The molecule has 1 aromatic carbocycles. The molecule has 0 aliphatic rings. The van der Waals surface area contributed by atoms with Gasteiger partial charge in [-0.15, -0.1) is 0 Å². The predicted octanol–water partition coefficient (Wildman–Crippen LogP) is 4.21. The Labute approximate surface area is 123 Å². The third kappa shape index (κ3) is 5.93. The fourth-order valence-corrected chi connectivity index (χ4v) is 2.22. The van der Waals surface area contributed by atoms with Crippen LogP contribution in [0.25, 0.3) is 0 Å². The van der Waals surface area contributed by atoms with Gasteiger partial charge in [0.05, 0.1) is 0 Å². The molecule has 0 aromatic heterocycles. The summed E-state index contributed by atoms with van der Waals surface area (Å²) in [6.07, 6.45) is 1.02. The Morgan fingerprint density at radius 2 is 2.06 bits per heavy atom. The maximum Gasteiger partial charge on any atom is 0.283 e. The van der Waals surface area contributed by atoms with Crippen LogP contribution in [0.15, 0.2) is 29.2 Å². The molecular weight excluding hydrogens is 366 g/mol. The van der Waals surface area contributed by atoms with Crippen LogP contribution in [0, 0.1) is 0 Å². The lowest BCUT2D eigenvalue weighted by Crippen LogP contribution is -2.26. The standard InChI is InChI=1S/C12H15Br2NOS/c1-2-9-3-5-11(6-4-9)17-12(16)15-8-10(14)7-13/h3-6,10H,2,7-8H2,1H3,(H,15,16). The Hall–Kier alpha value is 0. The maximum atomic E-state index is 11.6. The van der Waals surface area contributed by atoms with Crippen molar-refractivity contribution in [1.82, 2.24) is 5.32 Å². The summed E-state index contributed by atoms with van der Waals surface area (Å²) < 4.78 is 0. The van der Waals surface area contributed by atoms with Gasteiger partial charge in [-0.2, -0.15) is 0 Å². The van der Waals surface area contributed by atoms with Crippen molar-refractivity contribution in [3.05, 3.63) is 29.8 Å². The summed E-state index contributed by atoms with van der Waals surface area (Å²) in [4.78, 5) is 12.9. The second-order valence-corrected chi connectivity index (χ2v) is 6.51. The van der Waals surface area contributed by atoms with Crippen LogP contribution in [0.2, 0.25) is 0 Å². The van der Waals surface area contributed by atoms with Crippen molar-refractivity contribution in [2.75, 3.05) is 11.9 Å². The molecule has 0 radical (unpaired) electrons. The minimum Gasteiger partial charge on any atom is -0.346 e. The lowest BCUT2D eigenvalue weighted by atomic mass is 10.2. The third-order valence-corrected chi connectivity index (χ3v) is 5.31. The molecule has 17 heavy (non-hydrogen) atoms. The topological polar surface area (TPSA) is 29.1 Å². The Morgan fingerprint density at radius 1 is 1.41 bits per heavy atom. The first-order valence-corrected chi connectivity index (χ1v) is 8.25. The number of alkyl halides is 2. The minimum absolute atomic E-state index is 0.0142. The van der Waals surface area contributed by atoms with E-state index in [0.29, 0.717) is 6.54 Å². The Balaban J connectivity index is 2.39. The molecule has 0 saturated carbocycles.